The average molecular weight is 451 g/mol. The van der Waals surface area contributed by atoms with Crippen LogP contribution in [0.25, 0.3) is 21.8 Å². The van der Waals surface area contributed by atoms with Crippen molar-refractivity contribution in [3.8, 4) is 27.6 Å². The molecule has 1 aromatic carbocycles. The third-order valence-corrected chi connectivity index (χ3v) is 6.95. The fourth-order valence-electron chi connectivity index (χ4n) is 3.77. The maximum absolute atomic E-state index is 5.88. The summed E-state index contributed by atoms with van der Waals surface area (Å²) in [5, 5.41) is 0. The van der Waals surface area contributed by atoms with Gasteiger partial charge in [0, 0.05) is 33.3 Å². The van der Waals surface area contributed by atoms with Crippen LogP contribution in [0.15, 0.2) is 48.8 Å². The summed E-state index contributed by atoms with van der Waals surface area (Å²) in [6.45, 7) is 5.30. The first-order valence-electron chi connectivity index (χ1n) is 12.4. The van der Waals surface area contributed by atoms with E-state index < -0.39 is 0 Å². The minimum atomic E-state index is 0.757. The normalized spacial score (nSPS) is 11.1. The topological polar surface area (TPSA) is 35.0 Å². The van der Waals surface area contributed by atoms with Crippen LogP contribution < -0.4 is 4.74 Å². The predicted molar refractivity (Wildman–Crippen MR) is 137 cm³/mol. The molecule has 0 saturated heterocycles. The Labute approximate surface area is 198 Å². The van der Waals surface area contributed by atoms with Gasteiger partial charge in [-0.1, -0.05) is 65.2 Å². The summed E-state index contributed by atoms with van der Waals surface area (Å²) >= 11 is 1.87. The molecule has 0 fully saturated rings. The van der Waals surface area contributed by atoms with Crippen molar-refractivity contribution < 1.29 is 4.74 Å². The molecule has 0 radical (unpaired) electrons. The summed E-state index contributed by atoms with van der Waals surface area (Å²) in [5.41, 5.74) is 2.11. The summed E-state index contributed by atoms with van der Waals surface area (Å²) in [7, 11) is 0. The molecule has 2 aromatic heterocycles. The SMILES string of the molecule is CCCCCCCCOc1ccc(-c2ncc(-c3ccc(CCCCCC)s3)cn2)cc1. The van der Waals surface area contributed by atoms with Crippen molar-refractivity contribution in [2.24, 2.45) is 0 Å². The van der Waals surface area contributed by atoms with Crippen molar-refractivity contribution >= 4 is 11.3 Å². The van der Waals surface area contributed by atoms with Crippen LogP contribution in [0.5, 0.6) is 5.75 Å². The Morgan fingerprint density at radius 1 is 0.688 bits per heavy atom. The number of benzene rings is 1. The van der Waals surface area contributed by atoms with Crippen LogP contribution in [0.1, 0.15) is 82.9 Å². The number of rotatable bonds is 15. The van der Waals surface area contributed by atoms with Crippen LogP contribution >= 0.6 is 11.3 Å². The minimum Gasteiger partial charge on any atom is -0.494 e. The van der Waals surface area contributed by atoms with Crippen molar-refractivity contribution in [1.29, 1.82) is 0 Å². The Balaban J connectivity index is 1.47. The van der Waals surface area contributed by atoms with E-state index in [9.17, 15) is 0 Å². The molecular weight excluding hydrogens is 412 g/mol. The van der Waals surface area contributed by atoms with Crippen molar-refractivity contribution in [1.82, 2.24) is 9.97 Å². The molecule has 0 spiro atoms. The van der Waals surface area contributed by atoms with Crippen molar-refractivity contribution in [3.63, 3.8) is 0 Å². The lowest BCUT2D eigenvalue weighted by Crippen LogP contribution is -1.97. The van der Waals surface area contributed by atoms with E-state index in [0.717, 1.165) is 35.7 Å². The number of nitrogens with zero attached hydrogens (tertiary/aromatic N) is 2. The molecular formula is C28H38N2OS. The van der Waals surface area contributed by atoms with E-state index >= 15 is 0 Å². The van der Waals surface area contributed by atoms with Crippen molar-refractivity contribution in [2.45, 2.75) is 84.5 Å². The summed E-state index contributed by atoms with van der Waals surface area (Å²) in [4.78, 5) is 11.9. The standard InChI is InChI=1S/C28H38N2OS/c1-3-5-7-9-10-12-20-31-25-16-14-23(15-17-25)28-29-21-24(22-30-28)27-19-18-26(32-27)13-11-8-6-4-2/h14-19,21-22H,3-13,20H2,1-2H3. The van der Waals surface area contributed by atoms with E-state index in [0.29, 0.717) is 0 Å². The summed E-state index contributed by atoms with van der Waals surface area (Å²) in [6, 6.07) is 12.6. The van der Waals surface area contributed by atoms with E-state index in [2.05, 4.69) is 35.9 Å². The van der Waals surface area contributed by atoms with Crippen LogP contribution in [0.3, 0.4) is 0 Å². The monoisotopic (exact) mass is 450 g/mol. The highest BCUT2D eigenvalue weighted by molar-refractivity contribution is 7.15. The van der Waals surface area contributed by atoms with Crippen LogP contribution in [-0.2, 0) is 6.42 Å². The predicted octanol–water partition coefficient (Wildman–Crippen LogP) is 8.73. The van der Waals surface area contributed by atoms with Gasteiger partial charge in [0.2, 0.25) is 0 Å². The van der Waals surface area contributed by atoms with Gasteiger partial charge in [0.25, 0.3) is 0 Å². The van der Waals surface area contributed by atoms with E-state index in [-0.39, 0.29) is 0 Å². The lowest BCUT2D eigenvalue weighted by molar-refractivity contribution is 0.304. The van der Waals surface area contributed by atoms with E-state index in [1.54, 1.807) is 0 Å². The van der Waals surface area contributed by atoms with Crippen molar-refractivity contribution in [2.75, 3.05) is 6.61 Å². The van der Waals surface area contributed by atoms with E-state index in [1.165, 1.54) is 74.0 Å². The molecule has 172 valence electrons. The van der Waals surface area contributed by atoms with Gasteiger partial charge in [-0.05, 0) is 55.7 Å². The van der Waals surface area contributed by atoms with Gasteiger partial charge in [-0.2, -0.15) is 0 Å². The second kappa shape index (κ2) is 14.1. The molecule has 0 N–H and O–H groups in total. The lowest BCUT2D eigenvalue weighted by atomic mass is 10.1. The molecule has 0 saturated carbocycles. The highest BCUT2D eigenvalue weighted by Crippen LogP contribution is 2.29. The molecule has 0 aliphatic carbocycles. The largest absolute Gasteiger partial charge is 0.494 e. The first kappa shape index (κ1) is 24.4. The van der Waals surface area contributed by atoms with Crippen molar-refractivity contribution in [3.05, 3.63) is 53.7 Å². The molecule has 0 atom stereocenters. The second-order valence-electron chi connectivity index (χ2n) is 8.51. The molecule has 4 heteroatoms. The Morgan fingerprint density at radius 2 is 1.34 bits per heavy atom. The lowest BCUT2D eigenvalue weighted by Gasteiger charge is -2.07. The second-order valence-corrected chi connectivity index (χ2v) is 9.68. The van der Waals surface area contributed by atoms with Gasteiger partial charge in [-0.25, -0.2) is 9.97 Å². The minimum absolute atomic E-state index is 0.757. The highest BCUT2D eigenvalue weighted by atomic mass is 32.1. The highest BCUT2D eigenvalue weighted by Gasteiger charge is 2.07. The first-order valence-corrected chi connectivity index (χ1v) is 13.3. The smallest absolute Gasteiger partial charge is 0.159 e. The molecule has 0 aliphatic rings. The molecule has 2 heterocycles. The Kier molecular flexibility index (Phi) is 10.7. The van der Waals surface area contributed by atoms with Gasteiger partial charge in [-0.3, -0.25) is 0 Å². The average Bonchev–Trinajstić information content (AvgIpc) is 3.31. The Hall–Kier alpha value is -2.20. The third kappa shape index (κ3) is 8.05. The fraction of sp³-hybridized carbons (Fsp3) is 0.500. The molecule has 3 nitrogen and oxygen atoms in total. The maximum Gasteiger partial charge on any atom is 0.159 e. The van der Waals surface area contributed by atoms with E-state index in [1.807, 2.05) is 48.0 Å². The van der Waals surface area contributed by atoms with E-state index in [4.69, 9.17) is 4.74 Å². The number of hydrogen-bond acceptors (Lipinski definition) is 4. The zero-order valence-corrected chi connectivity index (χ0v) is 20.6. The number of aryl methyl sites for hydroxylation is 1. The van der Waals surface area contributed by atoms with Gasteiger partial charge >= 0.3 is 0 Å². The zero-order valence-electron chi connectivity index (χ0n) is 19.8. The van der Waals surface area contributed by atoms with Gasteiger partial charge in [-0.15, -0.1) is 11.3 Å². The van der Waals surface area contributed by atoms with Gasteiger partial charge in [0.15, 0.2) is 5.82 Å². The number of ether oxygens (including phenoxy) is 1. The molecule has 32 heavy (non-hydrogen) atoms. The molecule has 3 rings (SSSR count). The van der Waals surface area contributed by atoms with Crippen LogP contribution in [0.2, 0.25) is 0 Å². The summed E-state index contributed by atoms with van der Waals surface area (Å²) < 4.78 is 5.88. The number of hydrogen-bond donors (Lipinski definition) is 0. The van der Waals surface area contributed by atoms with Gasteiger partial charge in [0.05, 0.1) is 6.61 Å². The van der Waals surface area contributed by atoms with Gasteiger partial charge in [0.1, 0.15) is 5.75 Å². The van der Waals surface area contributed by atoms with Crippen LogP contribution in [-0.4, -0.2) is 16.6 Å². The summed E-state index contributed by atoms with van der Waals surface area (Å²) in [5.74, 6) is 1.68. The van der Waals surface area contributed by atoms with Crippen LogP contribution in [0, 0.1) is 0 Å². The fourth-order valence-corrected chi connectivity index (χ4v) is 4.79. The van der Waals surface area contributed by atoms with Crippen LogP contribution in [0.4, 0.5) is 0 Å². The zero-order chi connectivity index (χ0) is 22.4. The Bertz CT molecular complexity index is 887. The molecule has 0 bridgehead atoms. The number of aromatic nitrogens is 2. The maximum atomic E-state index is 5.88. The van der Waals surface area contributed by atoms with Gasteiger partial charge < -0.3 is 4.74 Å². The third-order valence-electron chi connectivity index (χ3n) is 5.75. The molecule has 0 unspecified atom stereocenters. The number of thiophene rings is 1. The molecule has 3 aromatic rings. The quantitative estimate of drug-likeness (QED) is 0.217. The molecule has 0 amide bonds. The first-order chi connectivity index (χ1) is 15.8. The Morgan fingerprint density at radius 3 is 2.06 bits per heavy atom. The molecule has 0 aliphatic heterocycles. The number of unbranched alkanes of at least 4 members (excludes halogenated alkanes) is 8. The summed E-state index contributed by atoms with van der Waals surface area (Å²) in [6.07, 6.45) is 18.0.